The number of anilines is 1. The summed E-state index contributed by atoms with van der Waals surface area (Å²) in [5.41, 5.74) is 0.407. The van der Waals surface area contributed by atoms with Gasteiger partial charge in [-0.25, -0.2) is 12.8 Å². The van der Waals surface area contributed by atoms with Gasteiger partial charge >= 0.3 is 0 Å². The van der Waals surface area contributed by atoms with Crippen LogP contribution in [0.2, 0.25) is 0 Å². The van der Waals surface area contributed by atoms with Gasteiger partial charge < -0.3 is 0 Å². The van der Waals surface area contributed by atoms with E-state index in [1.807, 2.05) is 0 Å². The lowest BCUT2D eigenvalue weighted by Crippen LogP contribution is -2.26. The highest BCUT2D eigenvalue weighted by Gasteiger charge is 2.25. The van der Waals surface area contributed by atoms with Crippen LogP contribution in [0.4, 0.5) is 10.1 Å². The van der Waals surface area contributed by atoms with E-state index in [1.54, 1.807) is 13.0 Å². The van der Waals surface area contributed by atoms with Crippen molar-refractivity contribution >= 4 is 38.6 Å². The van der Waals surface area contributed by atoms with E-state index in [0.29, 0.717) is 10.6 Å². The second-order valence-corrected chi connectivity index (χ2v) is 7.76. The summed E-state index contributed by atoms with van der Waals surface area (Å²) in [6.07, 6.45) is 0. The van der Waals surface area contributed by atoms with Gasteiger partial charge in [-0.1, -0.05) is 0 Å². The summed E-state index contributed by atoms with van der Waals surface area (Å²) in [7, 11) is -2.22. The quantitative estimate of drug-likeness (QED) is 0.799. The summed E-state index contributed by atoms with van der Waals surface area (Å²) in [4.78, 5) is 1.73. The molecular formula is C13H13ClFNO2S2. The minimum atomic E-state index is -3.66. The molecule has 0 bridgehead atoms. The van der Waals surface area contributed by atoms with Crippen LogP contribution in [-0.4, -0.2) is 15.5 Å². The Hall–Kier alpha value is -1.11. The Morgan fingerprint density at radius 1 is 1.30 bits per heavy atom. The van der Waals surface area contributed by atoms with Crippen LogP contribution in [0.5, 0.6) is 0 Å². The number of aryl methyl sites for hydroxylation is 1. The van der Waals surface area contributed by atoms with Gasteiger partial charge in [0.15, 0.2) is 0 Å². The van der Waals surface area contributed by atoms with Crippen molar-refractivity contribution in [3.8, 4) is 0 Å². The van der Waals surface area contributed by atoms with Gasteiger partial charge in [0.25, 0.3) is 10.0 Å². The fraction of sp³-hybridized carbons (Fsp3) is 0.231. The van der Waals surface area contributed by atoms with Crippen molar-refractivity contribution in [3.05, 3.63) is 45.9 Å². The van der Waals surface area contributed by atoms with Crippen molar-refractivity contribution in [3.63, 3.8) is 0 Å². The topological polar surface area (TPSA) is 37.4 Å². The molecule has 0 amide bonds. The lowest BCUT2D eigenvalue weighted by atomic mass is 10.3. The number of sulfonamides is 1. The Labute approximate surface area is 126 Å². The van der Waals surface area contributed by atoms with Gasteiger partial charge in [0, 0.05) is 16.8 Å². The van der Waals surface area contributed by atoms with E-state index in [9.17, 15) is 12.8 Å². The molecule has 2 aromatic rings. The van der Waals surface area contributed by atoms with Crippen LogP contribution in [0.3, 0.4) is 0 Å². The highest BCUT2D eigenvalue weighted by atomic mass is 35.5. The number of alkyl halides is 1. The lowest BCUT2D eigenvalue weighted by molar-refractivity contribution is 0.594. The molecule has 1 heterocycles. The Kier molecular flexibility index (Phi) is 4.36. The minimum absolute atomic E-state index is 0.241. The predicted octanol–water partition coefficient (Wildman–Crippen LogP) is 3.76. The third-order valence-corrected chi connectivity index (χ3v) is 6.42. The first kappa shape index (κ1) is 15.3. The monoisotopic (exact) mass is 333 g/mol. The zero-order chi connectivity index (χ0) is 14.9. The number of nitrogens with zero attached hydrogens (tertiary/aromatic N) is 1. The molecule has 0 atom stereocenters. The van der Waals surface area contributed by atoms with E-state index in [1.165, 1.54) is 42.6 Å². The molecule has 0 radical (unpaired) electrons. The number of hydrogen-bond acceptors (Lipinski definition) is 3. The first-order valence-electron chi connectivity index (χ1n) is 5.76. The molecule has 2 rings (SSSR count). The number of thiophene rings is 1. The molecule has 0 fully saturated rings. The molecule has 20 heavy (non-hydrogen) atoms. The molecule has 0 N–H and O–H groups in total. The molecular weight excluding hydrogens is 321 g/mol. The molecule has 7 heteroatoms. The van der Waals surface area contributed by atoms with E-state index >= 15 is 0 Å². The van der Waals surface area contributed by atoms with E-state index in [-0.39, 0.29) is 10.8 Å². The number of rotatable bonds is 4. The largest absolute Gasteiger partial charge is 0.269 e. The first-order chi connectivity index (χ1) is 9.36. The average molecular weight is 334 g/mol. The van der Waals surface area contributed by atoms with Gasteiger partial charge in [-0.05, 0) is 37.3 Å². The van der Waals surface area contributed by atoms with E-state index in [2.05, 4.69) is 0 Å². The Bertz CT molecular complexity index is 710. The molecule has 108 valence electrons. The average Bonchev–Trinajstić information content (AvgIpc) is 2.81. The lowest BCUT2D eigenvalue weighted by Gasteiger charge is -2.19. The molecule has 0 unspecified atom stereocenters. The molecule has 1 aromatic carbocycles. The molecule has 0 aliphatic rings. The van der Waals surface area contributed by atoms with Crippen molar-refractivity contribution in [2.45, 2.75) is 17.7 Å². The summed E-state index contributed by atoms with van der Waals surface area (Å²) >= 11 is 7.10. The first-order valence-corrected chi connectivity index (χ1v) is 8.55. The highest BCUT2D eigenvalue weighted by molar-refractivity contribution is 7.93. The Balaban J connectivity index is 2.43. The van der Waals surface area contributed by atoms with Gasteiger partial charge in [0.2, 0.25) is 0 Å². The van der Waals surface area contributed by atoms with Crippen molar-refractivity contribution in [1.82, 2.24) is 0 Å². The third-order valence-electron chi connectivity index (χ3n) is 2.88. The molecule has 0 saturated carbocycles. The maximum absolute atomic E-state index is 12.9. The predicted molar refractivity (Wildman–Crippen MR) is 80.6 cm³/mol. The molecule has 1 aromatic heterocycles. The van der Waals surface area contributed by atoms with E-state index < -0.39 is 15.8 Å². The summed E-state index contributed by atoms with van der Waals surface area (Å²) in [6, 6.07) is 6.90. The van der Waals surface area contributed by atoms with Crippen molar-refractivity contribution in [1.29, 1.82) is 0 Å². The molecule has 0 spiro atoms. The van der Waals surface area contributed by atoms with Crippen LogP contribution >= 0.6 is 22.9 Å². The smallest absolute Gasteiger partial charge is 0.265 e. The van der Waals surface area contributed by atoms with Gasteiger partial charge in [0.1, 0.15) is 10.7 Å². The van der Waals surface area contributed by atoms with Crippen LogP contribution in [-0.2, 0) is 15.9 Å². The third kappa shape index (κ3) is 2.82. The van der Waals surface area contributed by atoms with Crippen LogP contribution in [0, 0.1) is 12.7 Å². The molecule has 0 aliphatic heterocycles. The Morgan fingerprint density at radius 2 is 1.90 bits per heavy atom. The van der Waals surface area contributed by atoms with Crippen LogP contribution in [0.25, 0.3) is 0 Å². The SMILES string of the molecule is Cc1sc(CCl)cc1S(=O)(=O)N(C)c1ccc(F)cc1. The van der Waals surface area contributed by atoms with Crippen LogP contribution in [0.1, 0.15) is 9.75 Å². The highest BCUT2D eigenvalue weighted by Crippen LogP contribution is 2.30. The van der Waals surface area contributed by atoms with Crippen molar-refractivity contribution < 1.29 is 12.8 Å². The molecule has 3 nitrogen and oxygen atoms in total. The van der Waals surface area contributed by atoms with Gasteiger partial charge in [-0.15, -0.1) is 22.9 Å². The standard InChI is InChI=1S/C13H13ClFNO2S2/c1-9-13(7-12(8-14)19-9)20(17,18)16(2)11-5-3-10(15)4-6-11/h3-7H,8H2,1-2H3. The number of hydrogen-bond donors (Lipinski definition) is 0. The normalized spacial score (nSPS) is 11.6. The summed E-state index contributed by atoms with van der Waals surface area (Å²) in [5.74, 6) is -0.128. The van der Waals surface area contributed by atoms with Gasteiger partial charge in [-0.2, -0.15) is 0 Å². The maximum Gasteiger partial charge on any atom is 0.265 e. The summed E-state index contributed by atoms with van der Waals surface area (Å²) in [5, 5.41) is 0. The number of benzene rings is 1. The fourth-order valence-corrected chi connectivity index (χ4v) is 4.67. The van der Waals surface area contributed by atoms with E-state index in [0.717, 1.165) is 9.18 Å². The zero-order valence-corrected chi connectivity index (χ0v) is 13.3. The second kappa shape index (κ2) is 5.71. The number of halogens is 2. The molecule has 0 saturated heterocycles. The second-order valence-electron chi connectivity index (χ2n) is 4.22. The fourth-order valence-electron chi connectivity index (χ4n) is 1.78. The summed E-state index contributed by atoms with van der Waals surface area (Å²) in [6.45, 7) is 1.74. The van der Waals surface area contributed by atoms with Crippen LogP contribution < -0.4 is 4.31 Å². The zero-order valence-electron chi connectivity index (χ0n) is 10.9. The summed E-state index contributed by atoms with van der Waals surface area (Å²) < 4.78 is 39.2. The molecule has 0 aliphatic carbocycles. The minimum Gasteiger partial charge on any atom is -0.269 e. The van der Waals surface area contributed by atoms with Crippen LogP contribution in [0.15, 0.2) is 35.2 Å². The maximum atomic E-state index is 12.9. The van der Waals surface area contributed by atoms with Crippen molar-refractivity contribution in [2.75, 3.05) is 11.4 Å². The van der Waals surface area contributed by atoms with Crippen molar-refractivity contribution in [2.24, 2.45) is 0 Å². The van der Waals surface area contributed by atoms with Gasteiger partial charge in [-0.3, -0.25) is 4.31 Å². The Morgan fingerprint density at radius 3 is 2.40 bits per heavy atom. The van der Waals surface area contributed by atoms with E-state index in [4.69, 9.17) is 11.6 Å². The van der Waals surface area contributed by atoms with Gasteiger partial charge in [0.05, 0.1) is 11.6 Å².